The number of rotatable bonds is 4. The first kappa shape index (κ1) is 16.9. The van der Waals surface area contributed by atoms with E-state index in [1.165, 1.54) is 0 Å². The Balaban J connectivity index is 2.11. The van der Waals surface area contributed by atoms with Gasteiger partial charge in [0.2, 0.25) is 0 Å². The minimum atomic E-state index is -4.53. The first-order valence-corrected chi connectivity index (χ1v) is 6.93. The Kier molecular flexibility index (Phi) is 4.67. The number of hydrogen-bond acceptors (Lipinski definition) is 4. The Bertz CT molecular complexity index is 678. The predicted molar refractivity (Wildman–Crippen MR) is 75.5 cm³/mol. The molecule has 0 saturated heterocycles. The van der Waals surface area contributed by atoms with Crippen LogP contribution in [-0.2, 0) is 6.18 Å². The molecule has 1 atom stereocenters. The Labute approximate surface area is 130 Å². The lowest BCUT2D eigenvalue weighted by molar-refractivity contribution is -0.141. The van der Waals surface area contributed by atoms with Crippen LogP contribution in [0.5, 0.6) is 0 Å². The van der Waals surface area contributed by atoms with Crippen LogP contribution in [0.4, 0.5) is 13.2 Å². The lowest BCUT2D eigenvalue weighted by Crippen LogP contribution is -2.29. The van der Waals surface area contributed by atoms with Gasteiger partial charge in [0.1, 0.15) is 12.0 Å². The predicted octanol–water partition coefficient (Wildman–Crippen LogP) is 2.76. The maximum absolute atomic E-state index is 12.5. The number of pyridine rings is 1. The number of nitrogens with zero attached hydrogens (tertiary/aromatic N) is 4. The molecule has 0 spiro atoms. The van der Waals surface area contributed by atoms with Crippen LogP contribution in [0.15, 0.2) is 24.7 Å². The number of aromatic nitrogens is 4. The zero-order valence-electron chi connectivity index (χ0n) is 12.8. The van der Waals surface area contributed by atoms with E-state index >= 15 is 0 Å². The Morgan fingerprint density at radius 1 is 1.26 bits per heavy atom. The van der Waals surface area contributed by atoms with Crippen LogP contribution < -0.4 is 5.32 Å². The van der Waals surface area contributed by atoms with Gasteiger partial charge in [-0.05, 0) is 32.9 Å². The number of nitrogens with one attached hydrogen (secondary N) is 1. The van der Waals surface area contributed by atoms with Gasteiger partial charge in [0.15, 0.2) is 5.82 Å². The van der Waals surface area contributed by atoms with Crippen LogP contribution >= 0.6 is 0 Å². The quantitative estimate of drug-likeness (QED) is 0.937. The highest BCUT2D eigenvalue weighted by atomic mass is 19.4. The standard InChI is InChI=1S/C14H16F3N5O/c1-8(2)22-7-19-21-12(22)9(3)20-13(23)10-4-5-11(18-6-10)14(15,16)17/h4-9H,1-3H3,(H,20,23). The zero-order valence-corrected chi connectivity index (χ0v) is 12.8. The summed E-state index contributed by atoms with van der Waals surface area (Å²) in [5.74, 6) is 0.0326. The third-order valence-electron chi connectivity index (χ3n) is 3.21. The van der Waals surface area contributed by atoms with Gasteiger partial charge in [-0.3, -0.25) is 9.78 Å². The SMILES string of the molecule is CC(NC(=O)c1ccc(C(F)(F)F)nc1)c1nncn1C(C)C. The zero-order chi connectivity index (χ0) is 17.2. The first-order chi connectivity index (χ1) is 10.7. The summed E-state index contributed by atoms with van der Waals surface area (Å²) >= 11 is 0. The van der Waals surface area contributed by atoms with Gasteiger partial charge < -0.3 is 9.88 Å². The molecule has 6 nitrogen and oxygen atoms in total. The topological polar surface area (TPSA) is 72.7 Å². The second-order valence-corrected chi connectivity index (χ2v) is 5.32. The van der Waals surface area contributed by atoms with E-state index in [1.807, 2.05) is 13.8 Å². The summed E-state index contributed by atoms with van der Waals surface area (Å²) in [5, 5.41) is 10.4. The molecule has 0 aliphatic heterocycles. The highest BCUT2D eigenvalue weighted by Gasteiger charge is 2.32. The van der Waals surface area contributed by atoms with Crippen molar-refractivity contribution >= 4 is 5.91 Å². The van der Waals surface area contributed by atoms with Crippen molar-refractivity contribution in [3.05, 3.63) is 41.7 Å². The van der Waals surface area contributed by atoms with Gasteiger partial charge in [-0.15, -0.1) is 10.2 Å². The van der Waals surface area contributed by atoms with Crippen LogP contribution in [-0.4, -0.2) is 25.7 Å². The molecule has 1 unspecified atom stereocenters. The molecule has 2 aromatic rings. The summed E-state index contributed by atoms with van der Waals surface area (Å²) in [6, 6.07) is 1.53. The maximum Gasteiger partial charge on any atom is 0.433 e. The first-order valence-electron chi connectivity index (χ1n) is 6.93. The van der Waals surface area contributed by atoms with Gasteiger partial charge >= 0.3 is 6.18 Å². The molecule has 0 aromatic carbocycles. The molecule has 124 valence electrons. The molecule has 2 heterocycles. The molecule has 0 aliphatic carbocycles. The van der Waals surface area contributed by atoms with Crippen molar-refractivity contribution < 1.29 is 18.0 Å². The Hall–Kier alpha value is -2.45. The van der Waals surface area contributed by atoms with Gasteiger partial charge in [0.05, 0.1) is 11.6 Å². The Morgan fingerprint density at radius 3 is 2.48 bits per heavy atom. The molecular weight excluding hydrogens is 311 g/mol. The molecule has 2 aromatic heterocycles. The number of hydrogen-bond donors (Lipinski definition) is 1. The third-order valence-corrected chi connectivity index (χ3v) is 3.21. The van der Waals surface area contributed by atoms with E-state index in [4.69, 9.17) is 0 Å². The second kappa shape index (κ2) is 6.35. The van der Waals surface area contributed by atoms with Gasteiger partial charge in [-0.1, -0.05) is 0 Å². The van der Waals surface area contributed by atoms with Crippen molar-refractivity contribution in [3.8, 4) is 0 Å². The monoisotopic (exact) mass is 327 g/mol. The highest BCUT2D eigenvalue weighted by molar-refractivity contribution is 5.94. The molecule has 1 N–H and O–H groups in total. The van der Waals surface area contributed by atoms with Crippen molar-refractivity contribution in [2.45, 2.75) is 39.0 Å². The average molecular weight is 327 g/mol. The molecular formula is C14H16F3N5O. The van der Waals surface area contributed by atoms with Crippen LogP contribution in [0, 0.1) is 0 Å². The van der Waals surface area contributed by atoms with Crippen molar-refractivity contribution in [1.29, 1.82) is 0 Å². The van der Waals surface area contributed by atoms with Crippen molar-refractivity contribution in [1.82, 2.24) is 25.1 Å². The number of alkyl halides is 3. The lowest BCUT2D eigenvalue weighted by Gasteiger charge is -2.17. The van der Waals surface area contributed by atoms with Crippen LogP contribution in [0.1, 0.15) is 54.7 Å². The summed E-state index contributed by atoms with van der Waals surface area (Å²) in [4.78, 5) is 15.4. The van der Waals surface area contributed by atoms with Crippen LogP contribution in [0.2, 0.25) is 0 Å². The van der Waals surface area contributed by atoms with Crippen LogP contribution in [0.3, 0.4) is 0 Å². The average Bonchev–Trinajstić information content (AvgIpc) is 2.96. The summed E-state index contributed by atoms with van der Waals surface area (Å²) < 4.78 is 39.2. The second-order valence-electron chi connectivity index (χ2n) is 5.32. The fourth-order valence-corrected chi connectivity index (χ4v) is 2.00. The van der Waals surface area contributed by atoms with E-state index in [9.17, 15) is 18.0 Å². The summed E-state index contributed by atoms with van der Waals surface area (Å²) in [7, 11) is 0. The van der Waals surface area contributed by atoms with Gasteiger partial charge in [-0.25, -0.2) is 0 Å². The Morgan fingerprint density at radius 2 is 1.96 bits per heavy atom. The molecule has 23 heavy (non-hydrogen) atoms. The van der Waals surface area contributed by atoms with Gasteiger partial charge in [0, 0.05) is 12.2 Å². The minimum absolute atomic E-state index is 0.0421. The number of amides is 1. The van der Waals surface area contributed by atoms with Crippen molar-refractivity contribution in [3.63, 3.8) is 0 Å². The molecule has 0 bridgehead atoms. The normalized spacial score (nSPS) is 13.2. The molecule has 0 fully saturated rings. The largest absolute Gasteiger partial charge is 0.433 e. The fraction of sp³-hybridized carbons (Fsp3) is 0.429. The highest BCUT2D eigenvalue weighted by Crippen LogP contribution is 2.27. The molecule has 9 heteroatoms. The number of carbonyl (C=O) groups is 1. The van der Waals surface area contributed by atoms with Crippen molar-refractivity contribution in [2.24, 2.45) is 0 Å². The number of halogens is 3. The number of carbonyl (C=O) groups excluding carboxylic acids is 1. The summed E-state index contributed by atoms with van der Waals surface area (Å²) in [6.07, 6.45) is -2.07. The van der Waals surface area contributed by atoms with Gasteiger partial charge in [-0.2, -0.15) is 13.2 Å². The van der Waals surface area contributed by atoms with E-state index < -0.39 is 23.8 Å². The summed E-state index contributed by atoms with van der Waals surface area (Å²) in [6.45, 7) is 5.61. The molecule has 2 rings (SSSR count). The van der Waals surface area contributed by atoms with Gasteiger partial charge in [0.25, 0.3) is 5.91 Å². The maximum atomic E-state index is 12.5. The molecule has 0 aliphatic rings. The minimum Gasteiger partial charge on any atom is -0.342 e. The summed E-state index contributed by atoms with van der Waals surface area (Å²) in [5.41, 5.74) is -0.998. The van der Waals surface area contributed by atoms with E-state index in [0.29, 0.717) is 5.82 Å². The van der Waals surface area contributed by atoms with Crippen molar-refractivity contribution in [2.75, 3.05) is 0 Å². The van der Waals surface area contributed by atoms with E-state index in [-0.39, 0.29) is 11.6 Å². The van der Waals surface area contributed by atoms with E-state index in [2.05, 4.69) is 20.5 Å². The molecule has 0 radical (unpaired) electrons. The molecule has 0 saturated carbocycles. The lowest BCUT2D eigenvalue weighted by atomic mass is 10.2. The molecule has 1 amide bonds. The third kappa shape index (κ3) is 3.85. The van der Waals surface area contributed by atoms with E-state index in [1.54, 1.807) is 17.8 Å². The smallest absolute Gasteiger partial charge is 0.342 e. The van der Waals surface area contributed by atoms with E-state index in [0.717, 1.165) is 18.3 Å². The van der Waals surface area contributed by atoms with Crippen LogP contribution in [0.25, 0.3) is 0 Å². The fourth-order valence-electron chi connectivity index (χ4n) is 2.00.